The molecule has 1 rings (SSSR count). The Balaban J connectivity index is 3.45. The molecule has 0 aliphatic heterocycles. The van der Waals surface area contributed by atoms with Gasteiger partial charge in [-0.3, -0.25) is 0 Å². The van der Waals surface area contributed by atoms with Gasteiger partial charge < -0.3 is 5.73 Å². The summed E-state index contributed by atoms with van der Waals surface area (Å²) in [6, 6.07) is 1.55. The van der Waals surface area contributed by atoms with Crippen LogP contribution in [0.25, 0.3) is 0 Å². The highest BCUT2D eigenvalue weighted by Crippen LogP contribution is 3.02. The molecule has 0 bridgehead atoms. The number of halogens is 6. The van der Waals surface area contributed by atoms with Crippen molar-refractivity contribution in [1.29, 1.82) is 0 Å². The van der Waals surface area contributed by atoms with Crippen molar-refractivity contribution < 1.29 is 25.2 Å². The molecule has 0 spiro atoms. The van der Waals surface area contributed by atoms with Crippen LogP contribution in [0.15, 0.2) is 27.6 Å². The van der Waals surface area contributed by atoms with E-state index in [1.165, 1.54) is 0 Å². The predicted octanol–water partition coefficient (Wildman–Crippen LogP) is 3.98. The molecule has 0 aromatic heterocycles. The minimum Gasteiger partial charge on any atom is -0.324 e. The first-order valence-corrected chi connectivity index (χ1v) is 6.00. The van der Waals surface area contributed by atoms with Gasteiger partial charge >= 0.3 is 10.2 Å². The van der Waals surface area contributed by atoms with Crippen LogP contribution in [0.2, 0.25) is 0 Å². The molecule has 0 amide bonds. The van der Waals surface area contributed by atoms with Crippen molar-refractivity contribution in [2.45, 2.75) is 4.90 Å². The van der Waals surface area contributed by atoms with Crippen molar-refractivity contribution >= 4 is 31.8 Å². The van der Waals surface area contributed by atoms with Crippen LogP contribution in [-0.4, -0.2) is 0 Å². The molecule has 1 aromatic rings. The molecule has 0 aliphatic carbocycles. The topological polar surface area (TPSA) is 27.6 Å². The summed E-state index contributed by atoms with van der Waals surface area (Å²) in [5, 5.41) is 0. The van der Waals surface area contributed by atoms with Crippen LogP contribution in [0.3, 0.4) is 0 Å². The third-order valence-corrected chi connectivity index (χ3v) is 3.35. The van der Waals surface area contributed by atoms with Crippen molar-refractivity contribution in [2.75, 3.05) is 0 Å². The van der Waals surface area contributed by atoms with E-state index >= 15 is 0 Å². The third kappa shape index (κ3) is 2.58. The minimum absolute atomic E-state index is 0.0942. The van der Waals surface area contributed by atoms with E-state index in [0.29, 0.717) is 12.1 Å². The fraction of sp³-hybridized carbons (Fsp3) is 0. The molecule has 0 heterocycles. The summed E-state index contributed by atoms with van der Waals surface area (Å²) in [6.07, 6.45) is 0. The van der Waals surface area contributed by atoms with E-state index in [0.717, 1.165) is 6.07 Å². The second-order valence-corrected chi connectivity index (χ2v) is 5.99. The Kier molecular flexibility index (Phi) is 2.03. The first kappa shape index (κ1) is 11.7. The summed E-state index contributed by atoms with van der Waals surface area (Å²) < 4.78 is 61.0. The van der Waals surface area contributed by atoms with E-state index in [4.69, 9.17) is 0 Å². The van der Waals surface area contributed by atoms with Crippen molar-refractivity contribution in [3.05, 3.63) is 22.7 Å². The van der Waals surface area contributed by atoms with E-state index in [9.17, 15) is 19.4 Å². The molecule has 0 radical (unpaired) electrons. The fourth-order valence-corrected chi connectivity index (χ4v) is 1.96. The third-order valence-electron chi connectivity index (χ3n) is 1.47. The van der Waals surface area contributed by atoms with Crippen LogP contribution in [0, 0.1) is 0 Å². The van der Waals surface area contributed by atoms with Crippen LogP contribution in [0.1, 0.15) is 0 Å². The van der Waals surface area contributed by atoms with Crippen LogP contribution in [-0.2, 0) is 0 Å². The summed E-state index contributed by atoms with van der Waals surface area (Å²) in [6.45, 7) is 0. The lowest BCUT2D eigenvalue weighted by Gasteiger charge is -2.40. The van der Waals surface area contributed by atoms with Gasteiger partial charge in [-0.25, -0.2) is 0 Å². The molecule has 14 heavy (non-hydrogen) atoms. The van der Waals surface area contributed by atoms with Crippen LogP contribution >= 0.6 is 26.2 Å². The van der Waals surface area contributed by atoms with Gasteiger partial charge in [0.2, 0.25) is 0 Å². The molecular formula is C6H6BrF5NS+. The predicted molar refractivity (Wildman–Crippen MR) is 48.1 cm³/mol. The number of rotatable bonds is 1. The number of quaternary nitrogens is 1. The van der Waals surface area contributed by atoms with Gasteiger partial charge in [-0.1, -0.05) is 19.4 Å². The van der Waals surface area contributed by atoms with Gasteiger partial charge in [0.1, 0.15) is 10.6 Å². The second-order valence-electron chi connectivity index (χ2n) is 2.72. The van der Waals surface area contributed by atoms with Gasteiger partial charge in [-0.15, -0.1) is 0 Å². The SMILES string of the molecule is [NH3+]c1ccc(S(F)(F)(F)(F)F)cc1Br. The lowest BCUT2D eigenvalue weighted by Crippen LogP contribution is -2.40. The van der Waals surface area contributed by atoms with Crippen LogP contribution in [0.4, 0.5) is 25.1 Å². The standard InChI is InChI=1S/C6H5BrF5NS/c7-5-3-4(1-2-6(5)13)14(8,9,10,11)12/h1-3H,13H2/p+1. The Labute approximate surface area is 84.9 Å². The number of benzene rings is 1. The number of hydrogen-bond acceptors (Lipinski definition) is 0. The fourth-order valence-electron chi connectivity index (χ4n) is 0.768. The first-order valence-electron chi connectivity index (χ1n) is 3.26. The molecular weight excluding hydrogens is 293 g/mol. The van der Waals surface area contributed by atoms with E-state index in [2.05, 4.69) is 21.7 Å². The Morgan fingerprint density at radius 3 is 1.93 bits per heavy atom. The zero-order valence-electron chi connectivity index (χ0n) is 6.62. The average Bonchev–Trinajstić information content (AvgIpc) is 1.89. The molecule has 0 saturated heterocycles. The van der Waals surface area contributed by atoms with E-state index in [1.807, 2.05) is 0 Å². The van der Waals surface area contributed by atoms with E-state index in [1.54, 1.807) is 0 Å². The summed E-state index contributed by atoms with van der Waals surface area (Å²) >= 11 is 2.71. The monoisotopic (exact) mass is 298 g/mol. The molecule has 3 N–H and O–H groups in total. The summed E-state index contributed by atoms with van der Waals surface area (Å²) in [4.78, 5) is -1.91. The van der Waals surface area contributed by atoms with Gasteiger partial charge in [0.15, 0.2) is 0 Å². The van der Waals surface area contributed by atoms with Gasteiger partial charge in [0.05, 0.1) is 4.47 Å². The summed E-state index contributed by atoms with van der Waals surface area (Å²) in [7, 11) is -9.54. The Morgan fingerprint density at radius 2 is 1.57 bits per heavy atom. The Bertz CT molecular complexity index is 386. The maximum atomic E-state index is 12.2. The van der Waals surface area contributed by atoms with Gasteiger partial charge in [0.25, 0.3) is 0 Å². The number of hydrogen-bond donors (Lipinski definition) is 1. The highest BCUT2D eigenvalue weighted by Gasteiger charge is 2.65. The highest BCUT2D eigenvalue weighted by atomic mass is 79.9. The van der Waals surface area contributed by atoms with Crippen LogP contribution in [0.5, 0.6) is 0 Å². The Hall–Kier alpha value is -0.340. The second kappa shape index (κ2) is 2.42. The quantitative estimate of drug-likeness (QED) is 0.760. The zero-order chi connectivity index (χ0) is 11.3. The van der Waals surface area contributed by atoms with E-state index < -0.39 is 15.1 Å². The van der Waals surface area contributed by atoms with Gasteiger partial charge in [0, 0.05) is 6.07 Å². The lowest BCUT2D eigenvalue weighted by molar-refractivity contribution is -0.255. The molecule has 1 nitrogen and oxygen atoms in total. The molecule has 82 valence electrons. The maximum Gasteiger partial charge on any atom is 0.310 e. The molecule has 0 atom stereocenters. The van der Waals surface area contributed by atoms with Crippen molar-refractivity contribution in [1.82, 2.24) is 0 Å². The normalized spacial score (nSPS) is 17.4. The van der Waals surface area contributed by atoms with Crippen molar-refractivity contribution in [3.63, 3.8) is 0 Å². The molecule has 0 saturated carbocycles. The molecule has 0 fully saturated rings. The molecule has 1 aromatic carbocycles. The molecule has 0 unspecified atom stereocenters. The molecule has 8 heteroatoms. The van der Waals surface area contributed by atoms with E-state index in [-0.39, 0.29) is 10.2 Å². The Morgan fingerprint density at radius 1 is 1.07 bits per heavy atom. The van der Waals surface area contributed by atoms with Crippen LogP contribution < -0.4 is 5.73 Å². The van der Waals surface area contributed by atoms with Crippen molar-refractivity contribution in [3.8, 4) is 0 Å². The van der Waals surface area contributed by atoms with Gasteiger partial charge in [-0.2, -0.15) is 0 Å². The smallest absolute Gasteiger partial charge is 0.310 e. The molecule has 0 aliphatic rings. The maximum absolute atomic E-state index is 12.2. The largest absolute Gasteiger partial charge is 0.324 e. The summed E-state index contributed by atoms with van der Waals surface area (Å²) in [5.74, 6) is 0. The minimum atomic E-state index is -9.54. The average molecular weight is 299 g/mol. The first-order chi connectivity index (χ1) is 5.90. The lowest BCUT2D eigenvalue weighted by atomic mass is 10.3. The van der Waals surface area contributed by atoms with Crippen molar-refractivity contribution in [2.24, 2.45) is 0 Å². The highest BCUT2D eigenvalue weighted by molar-refractivity contribution is 9.10. The summed E-state index contributed by atoms with van der Waals surface area (Å²) in [5.41, 5.74) is 3.56. The zero-order valence-corrected chi connectivity index (χ0v) is 9.02. The van der Waals surface area contributed by atoms with Gasteiger partial charge in [-0.05, 0) is 28.1 Å².